The highest BCUT2D eigenvalue weighted by molar-refractivity contribution is 5.71. The lowest BCUT2D eigenvalue weighted by Crippen LogP contribution is -2.30. The second-order valence-corrected chi connectivity index (χ2v) is 16.4. The Labute approximate surface area is 370 Å². The molecule has 0 aliphatic heterocycles. The minimum absolute atomic E-state index is 0.0835. The zero-order chi connectivity index (χ0) is 43.7. The molecule has 1 atom stereocenters. The molecule has 6 heteroatoms. The fourth-order valence-electron chi connectivity index (χ4n) is 6.81. The Hall–Kier alpha value is -3.15. The van der Waals surface area contributed by atoms with Crippen molar-refractivity contribution in [3.05, 3.63) is 72.9 Å². The topological polar surface area (TPSA) is 78.9 Å². The molecular weight excluding hydrogens is 745 g/mol. The van der Waals surface area contributed by atoms with E-state index in [9.17, 15) is 14.4 Å². The van der Waals surface area contributed by atoms with E-state index in [1.807, 2.05) is 0 Å². The van der Waals surface area contributed by atoms with Crippen LogP contribution in [0, 0.1) is 0 Å². The summed E-state index contributed by atoms with van der Waals surface area (Å²) in [7, 11) is 0. The van der Waals surface area contributed by atoms with Crippen molar-refractivity contribution >= 4 is 17.9 Å². The molecule has 0 aromatic carbocycles. The van der Waals surface area contributed by atoms with E-state index in [1.165, 1.54) is 96.3 Å². The van der Waals surface area contributed by atoms with Gasteiger partial charge in [-0.1, -0.05) is 216 Å². The van der Waals surface area contributed by atoms with Gasteiger partial charge in [0.25, 0.3) is 0 Å². The molecule has 0 aromatic heterocycles. The van der Waals surface area contributed by atoms with Gasteiger partial charge in [-0.25, -0.2) is 0 Å². The first-order valence-corrected chi connectivity index (χ1v) is 25.0. The Morgan fingerprint density at radius 2 is 0.733 bits per heavy atom. The Bertz CT molecular complexity index is 1140. The van der Waals surface area contributed by atoms with Crippen LogP contribution in [0.2, 0.25) is 0 Å². The average Bonchev–Trinajstić information content (AvgIpc) is 3.24. The Balaban J connectivity index is 4.41. The molecule has 0 spiro atoms. The molecule has 60 heavy (non-hydrogen) atoms. The molecule has 0 aliphatic carbocycles. The molecule has 0 fully saturated rings. The van der Waals surface area contributed by atoms with Gasteiger partial charge in [-0.3, -0.25) is 14.4 Å². The summed E-state index contributed by atoms with van der Waals surface area (Å²) in [6.45, 7) is 6.37. The maximum Gasteiger partial charge on any atom is 0.306 e. The van der Waals surface area contributed by atoms with Crippen LogP contribution in [0.25, 0.3) is 0 Å². The molecule has 1 unspecified atom stereocenters. The third-order valence-electron chi connectivity index (χ3n) is 10.5. The maximum absolute atomic E-state index is 12.8. The summed E-state index contributed by atoms with van der Waals surface area (Å²) < 4.78 is 16.8. The molecule has 0 rings (SSSR count). The molecule has 344 valence electrons. The van der Waals surface area contributed by atoms with Crippen LogP contribution < -0.4 is 0 Å². The third kappa shape index (κ3) is 45.9. The Morgan fingerprint density at radius 3 is 1.20 bits per heavy atom. The van der Waals surface area contributed by atoms with Gasteiger partial charge in [0.15, 0.2) is 6.10 Å². The number of carbonyl (C=O) groups excluding carboxylic acids is 3. The second kappa shape index (κ2) is 48.5. The van der Waals surface area contributed by atoms with E-state index in [2.05, 4.69) is 93.7 Å². The van der Waals surface area contributed by atoms with Crippen molar-refractivity contribution in [3.8, 4) is 0 Å². The summed E-state index contributed by atoms with van der Waals surface area (Å²) >= 11 is 0. The van der Waals surface area contributed by atoms with Gasteiger partial charge in [0.2, 0.25) is 0 Å². The first-order chi connectivity index (χ1) is 29.5. The summed E-state index contributed by atoms with van der Waals surface area (Å²) in [6, 6.07) is 0. The third-order valence-corrected chi connectivity index (χ3v) is 10.5. The van der Waals surface area contributed by atoms with E-state index in [1.54, 1.807) is 0 Å². The van der Waals surface area contributed by atoms with Crippen LogP contribution in [0.15, 0.2) is 72.9 Å². The van der Waals surface area contributed by atoms with E-state index in [4.69, 9.17) is 14.2 Å². The molecule has 0 saturated carbocycles. The van der Waals surface area contributed by atoms with Gasteiger partial charge in [-0.15, -0.1) is 0 Å². The smallest absolute Gasteiger partial charge is 0.306 e. The molecule has 0 aromatic rings. The Morgan fingerprint density at radius 1 is 0.367 bits per heavy atom. The molecular formula is C54H92O6. The first kappa shape index (κ1) is 56.9. The lowest BCUT2D eigenvalue weighted by molar-refractivity contribution is -0.167. The number of carbonyl (C=O) groups is 3. The highest BCUT2D eigenvalue weighted by Gasteiger charge is 2.19. The lowest BCUT2D eigenvalue weighted by Gasteiger charge is -2.18. The van der Waals surface area contributed by atoms with Gasteiger partial charge in [0, 0.05) is 19.3 Å². The van der Waals surface area contributed by atoms with Crippen molar-refractivity contribution in [2.45, 2.75) is 239 Å². The minimum Gasteiger partial charge on any atom is -0.462 e. The summed E-state index contributed by atoms with van der Waals surface area (Å²) in [5, 5.41) is 0. The quantitative estimate of drug-likeness (QED) is 0.0200. The number of ether oxygens (including phenoxy) is 3. The predicted molar refractivity (Wildman–Crippen MR) is 256 cm³/mol. The molecule has 0 amide bonds. The first-order valence-electron chi connectivity index (χ1n) is 25.0. The zero-order valence-electron chi connectivity index (χ0n) is 39.2. The predicted octanol–water partition coefficient (Wildman–Crippen LogP) is 16.3. The fourth-order valence-corrected chi connectivity index (χ4v) is 6.81. The van der Waals surface area contributed by atoms with Crippen LogP contribution >= 0.6 is 0 Å². The molecule has 0 heterocycles. The van der Waals surface area contributed by atoms with Crippen LogP contribution in [0.3, 0.4) is 0 Å². The molecule has 0 saturated heterocycles. The molecule has 0 radical (unpaired) electrons. The van der Waals surface area contributed by atoms with E-state index in [-0.39, 0.29) is 31.1 Å². The standard InChI is InChI=1S/C54H92O6/c1-4-7-10-13-16-19-22-24-26-28-29-32-35-38-41-44-47-53(56)59-50-51(49-58-52(55)46-43-40-37-34-31-21-18-15-12-9-6-3)60-54(57)48-45-42-39-36-33-30-27-25-23-20-17-14-11-8-5-2/h7-8,10-11,14,16-17,19-20,23-24,26,51H,4-6,9,12-13,15,18,21-22,25,27-50H2,1-3H3/b10-7-,11-8-,17-14-,19-16-,23-20-,26-24-. The van der Waals surface area contributed by atoms with Crippen LogP contribution in [0.1, 0.15) is 233 Å². The monoisotopic (exact) mass is 837 g/mol. The number of hydrogen-bond donors (Lipinski definition) is 0. The average molecular weight is 837 g/mol. The van der Waals surface area contributed by atoms with Crippen LogP contribution in [0.4, 0.5) is 0 Å². The van der Waals surface area contributed by atoms with Gasteiger partial charge in [-0.2, -0.15) is 0 Å². The van der Waals surface area contributed by atoms with E-state index < -0.39 is 6.10 Å². The molecule has 0 N–H and O–H groups in total. The highest BCUT2D eigenvalue weighted by Crippen LogP contribution is 2.15. The van der Waals surface area contributed by atoms with Gasteiger partial charge in [-0.05, 0) is 70.6 Å². The van der Waals surface area contributed by atoms with E-state index in [0.717, 1.165) is 96.3 Å². The summed E-state index contributed by atoms with van der Waals surface area (Å²) in [6.07, 6.45) is 60.2. The van der Waals surface area contributed by atoms with Crippen LogP contribution in [-0.4, -0.2) is 37.2 Å². The van der Waals surface area contributed by atoms with Crippen LogP contribution in [0.5, 0.6) is 0 Å². The van der Waals surface area contributed by atoms with E-state index >= 15 is 0 Å². The van der Waals surface area contributed by atoms with Crippen molar-refractivity contribution in [1.29, 1.82) is 0 Å². The zero-order valence-corrected chi connectivity index (χ0v) is 39.2. The summed E-state index contributed by atoms with van der Waals surface area (Å²) in [5.74, 6) is -0.909. The molecule has 0 bridgehead atoms. The SMILES string of the molecule is CC\C=C/C=C\C=C/CCCCCCCCCC(=O)OC(COC(=O)CCCCCCCC/C=C\C/C=C\C/C=C\CC)COC(=O)CCCCCCCCCCCCC. The van der Waals surface area contributed by atoms with Crippen molar-refractivity contribution < 1.29 is 28.6 Å². The Kier molecular flexibility index (Phi) is 46.0. The summed E-state index contributed by atoms with van der Waals surface area (Å²) in [5.41, 5.74) is 0. The second-order valence-electron chi connectivity index (χ2n) is 16.4. The van der Waals surface area contributed by atoms with Crippen molar-refractivity contribution in [2.24, 2.45) is 0 Å². The van der Waals surface area contributed by atoms with Crippen molar-refractivity contribution in [3.63, 3.8) is 0 Å². The highest BCUT2D eigenvalue weighted by atomic mass is 16.6. The van der Waals surface area contributed by atoms with Gasteiger partial charge < -0.3 is 14.2 Å². The van der Waals surface area contributed by atoms with Gasteiger partial charge in [0.1, 0.15) is 13.2 Å². The normalized spacial score (nSPS) is 12.7. The largest absolute Gasteiger partial charge is 0.462 e. The number of esters is 3. The van der Waals surface area contributed by atoms with E-state index in [0.29, 0.717) is 19.3 Å². The lowest BCUT2D eigenvalue weighted by atomic mass is 10.1. The fraction of sp³-hybridized carbons (Fsp3) is 0.722. The van der Waals surface area contributed by atoms with Gasteiger partial charge >= 0.3 is 17.9 Å². The molecule has 6 nitrogen and oxygen atoms in total. The number of rotatable bonds is 44. The molecule has 0 aliphatic rings. The van der Waals surface area contributed by atoms with Gasteiger partial charge in [0.05, 0.1) is 0 Å². The van der Waals surface area contributed by atoms with Crippen LogP contribution in [-0.2, 0) is 28.6 Å². The number of allylic oxidation sites excluding steroid dienone is 12. The number of hydrogen-bond acceptors (Lipinski definition) is 6. The summed E-state index contributed by atoms with van der Waals surface area (Å²) in [4.78, 5) is 37.9. The number of unbranched alkanes of at least 4 members (excludes halogenated alkanes) is 23. The van der Waals surface area contributed by atoms with Crippen molar-refractivity contribution in [2.75, 3.05) is 13.2 Å². The van der Waals surface area contributed by atoms with Crippen molar-refractivity contribution in [1.82, 2.24) is 0 Å². The maximum atomic E-state index is 12.8. The minimum atomic E-state index is -0.784.